The molecule has 1 aromatic carbocycles. The van der Waals surface area contributed by atoms with E-state index in [1.54, 1.807) is 0 Å². The Kier molecular flexibility index (Phi) is 5.35. The molecule has 1 unspecified atom stereocenters. The van der Waals surface area contributed by atoms with Crippen molar-refractivity contribution in [3.63, 3.8) is 0 Å². The summed E-state index contributed by atoms with van der Waals surface area (Å²) in [7, 11) is 0. The Hall–Kier alpha value is -1.35. The van der Waals surface area contributed by atoms with Gasteiger partial charge in [-0.15, -0.1) is 0 Å². The van der Waals surface area contributed by atoms with Gasteiger partial charge in [0, 0.05) is 19.0 Å². The lowest BCUT2D eigenvalue weighted by Gasteiger charge is -2.14. The number of hydrogen-bond donors (Lipinski definition) is 2. The summed E-state index contributed by atoms with van der Waals surface area (Å²) < 4.78 is 0. The van der Waals surface area contributed by atoms with Gasteiger partial charge in [-0.3, -0.25) is 4.79 Å². The molecule has 1 amide bonds. The highest BCUT2D eigenvalue weighted by atomic mass is 16.1. The van der Waals surface area contributed by atoms with Crippen LogP contribution in [0.1, 0.15) is 35.6 Å². The fourth-order valence-electron chi connectivity index (χ4n) is 2.00. The lowest BCUT2D eigenvalue weighted by Crippen LogP contribution is -2.34. The first kappa shape index (κ1) is 14.7. The molecule has 0 heterocycles. The first-order chi connectivity index (χ1) is 8.49. The summed E-state index contributed by atoms with van der Waals surface area (Å²) in [5.41, 5.74) is 10.5. The standard InChI is InChI=1S/C15H24N2O/c1-5-13(8-16)15(18)17-9-14-7-11(3)10(2)6-12(14)4/h6-7,13H,5,8-9,16H2,1-4H3,(H,17,18). The number of aryl methyl sites for hydroxylation is 3. The van der Waals surface area contributed by atoms with Crippen LogP contribution >= 0.6 is 0 Å². The molecule has 3 N–H and O–H groups in total. The Labute approximate surface area is 110 Å². The molecular formula is C15H24N2O. The molecule has 1 rings (SSSR count). The number of rotatable bonds is 5. The van der Waals surface area contributed by atoms with Crippen molar-refractivity contribution < 1.29 is 4.79 Å². The maximum Gasteiger partial charge on any atom is 0.224 e. The number of nitrogens with one attached hydrogen (secondary N) is 1. The number of nitrogens with two attached hydrogens (primary N) is 1. The van der Waals surface area contributed by atoms with Crippen molar-refractivity contribution in [2.45, 2.75) is 40.7 Å². The predicted octanol–water partition coefficient (Wildman–Crippen LogP) is 2.21. The fraction of sp³-hybridized carbons (Fsp3) is 0.533. The van der Waals surface area contributed by atoms with Crippen LogP contribution in [0.2, 0.25) is 0 Å². The smallest absolute Gasteiger partial charge is 0.224 e. The van der Waals surface area contributed by atoms with E-state index in [0.29, 0.717) is 13.1 Å². The van der Waals surface area contributed by atoms with Crippen molar-refractivity contribution in [3.8, 4) is 0 Å². The number of amides is 1. The molecule has 0 aliphatic carbocycles. The Morgan fingerprint density at radius 3 is 2.39 bits per heavy atom. The lowest BCUT2D eigenvalue weighted by molar-refractivity contribution is -0.124. The number of carbonyl (C=O) groups excluding carboxylic acids is 1. The molecular weight excluding hydrogens is 224 g/mol. The highest BCUT2D eigenvalue weighted by Gasteiger charge is 2.14. The van der Waals surface area contributed by atoms with E-state index in [2.05, 4.69) is 38.2 Å². The van der Waals surface area contributed by atoms with Gasteiger partial charge in [0.1, 0.15) is 0 Å². The summed E-state index contributed by atoms with van der Waals surface area (Å²) in [5, 5.41) is 2.97. The van der Waals surface area contributed by atoms with E-state index in [4.69, 9.17) is 5.73 Å². The van der Waals surface area contributed by atoms with E-state index in [-0.39, 0.29) is 11.8 Å². The van der Waals surface area contributed by atoms with E-state index in [1.807, 2.05) is 6.92 Å². The van der Waals surface area contributed by atoms with Crippen molar-refractivity contribution in [1.82, 2.24) is 5.32 Å². The Balaban J connectivity index is 2.69. The average Bonchev–Trinajstić information content (AvgIpc) is 2.33. The van der Waals surface area contributed by atoms with Crippen LogP contribution in [0.5, 0.6) is 0 Å². The molecule has 1 atom stereocenters. The second kappa shape index (κ2) is 6.55. The highest BCUT2D eigenvalue weighted by molar-refractivity contribution is 5.78. The third-order valence-electron chi connectivity index (χ3n) is 3.55. The van der Waals surface area contributed by atoms with Gasteiger partial charge in [-0.05, 0) is 49.4 Å². The molecule has 0 fully saturated rings. The molecule has 0 saturated carbocycles. The largest absolute Gasteiger partial charge is 0.352 e. The van der Waals surface area contributed by atoms with Gasteiger partial charge in [-0.25, -0.2) is 0 Å². The van der Waals surface area contributed by atoms with Crippen molar-refractivity contribution in [2.24, 2.45) is 11.7 Å². The van der Waals surface area contributed by atoms with Crippen LogP contribution in [0.25, 0.3) is 0 Å². The van der Waals surface area contributed by atoms with E-state index >= 15 is 0 Å². The summed E-state index contributed by atoms with van der Waals surface area (Å²) in [5.74, 6) is -0.0190. The molecule has 3 nitrogen and oxygen atoms in total. The summed E-state index contributed by atoms with van der Waals surface area (Å²) in [4.78, 5) is 11.9. The zero-order valence-electron chi connectivity index (χ0n) is 11.8. The van der Waals surface area contributed by atoms with Gasteiger partial charge in [-0.2, -0.15) is 0 Å². The van der Waals surface area contributed by atoms with Crippen LogP contribution in [0.15, 0.2) is 12.1 Å². The van der Waals surface area contributed by atoms with Crippen LogP contribution < -0.4 is 11.1 Å². The molecule has 0 saturated heterocycles. The minimum absolute atomic E-state index is 0.0534. The van der Waals surface area contributed by atoms with Crippen LogP contribution in [0, 0.1) is 26.7 Å². The van der Waals surface area contributed by atoms with E-state index in [9.17, 15) is 4.79 Å². The molecule has 18 heavy (non-hydrogen) atoms. The number of benzene rings is 1. The molecule has 0 radical (unpaired) electrons. The third-order valence-corrected chi connectivity index (χ3v) is 3.55. The van der Waals surface area contributed by atoms with Gasteiger partial charge in [0.15, 0.2) is 0 Å². The van der Waals surface area contributed by atoms with Gasteiger partial charge < -0.3 is 11.1 Å². The fourth-order valence-corrected chi connectivity index (χ4v) is 2.00. The highest BCUT2D eigenvalue weighted by Crippen LogP contribution is 2.15. The quantitative estimate of drug-likeness (QED) is 0.839. The zero-order chi connectivity index (χ0) is 13.7. The molecule has 0 aliphatic rings. The Morgan fingerprint density at radius 2 is 1.83 bits per heavy atom. The van der Waals surface area contributed by atoms with Gasteiger partial charge >= 0.3 is 0 Å². The van der Waals surface area contributed by atoms with Gasteiger partial charge in [0.2, 0.25) is 5.91 Å². The topological polar surface area (TPSA) is 55.1 Å². The van der Waals surface area contributed by atoms with Crippen molar-refractivity contribution in [2.75, 3.05) is 6.54 Å². The maximum absolute atomic E-state index is 11.9. The van der Waals surface area contributed by atoms with Gasteiger partial charge in [0.25, 0.3) is 0 Å². The zero-order valence-corrected chi connectivity index (χ0v) is 11.8. The van der Waals surface area contributed by atoms with E-state index in [1.165, 1.54) is 22.3 Å². The second-order valence-corrected chi connectivity index (χ2v) is 4.92. The summed E-state index contributed by atoms with van der Waals surface area (Å²) in [6.07, 6.45) is 0.786. The third kappa shape index (κ3) is 3.57. The van der Waals surface area contributed by atoms with E-state index < -0.39 is 0 Å². The molecule has 1 aromatic rings. The normalized spacial score (nSPS) is 12.3. The molecule has 3 heteroatoms. The summed E-state index contributed by atoms with van der Waals surface area (Å²) >= 11 is 0. The predicted molar refractivity (Wildman–Crippen MR) is 75.3 cm³/mol. The Morgan fingerprint density at radius 1 is 1.22 bits per heavy atom. The second-order valence-electron chi connectivity index (χ2n) is 4.92. The summed E-state index contributed by atoms with van der Waals surface area (Å²) in [6, 6.07) is 4.31. The van der Waals surface area contributed by atoms with Crippen LogP contribution in [0.3, 0.4) is 0 Å². The first-order valence-corrected chi connectivity index (χ1v) is 6.54. The minimum atomic E-state index is -0.0724. The maximum atomic E-state index is 11.9. The summed E-state index contributed by atoms with van der Waals surface area (Å²) in [6.45, 7) is 9.25. The van der Waals surface area contributed by atoms with E-state index in [0.717, 1.165) is 6.42 Å². The van der Waals surface area contributed by atoms with Crippen molar-refractivity contribution >= 4 is 5.91 Å². The number of hydrogen-bond acceptors (Lipinski definition) is 2. The molecule has 100 valence electrons. The van der Waals surface area contributed by atoms with Crippen LogP contribution in [-0.4, -0.2) is 12.5 Å². The van der Waals surface area contributed by atoms with Crippen LogP contribution in [0.4, 0.5) is 0 Å². The number of carbonyl (C=O) groups is 1. The Bertz CT molecular complexity index is 423. The SMILES string of the molecule is CCC(CN)C(=O)NCc1cc(C)c(C)cc1C. The lowest BCUT2D eigenvalue weighted by atomic mass is 10.0. The van der Waals surface area contributed by atoms with Crippen molar-refractivity contribution in [1.29, 1.82) is 0 Å². The molecule has 0 aromatic heterocycles. The average molecular weight is 248 g/mol. The first-order valence-electron chi connectivity index (χ1n) is 6.54. The molecule has 0 aliphatic heterocycles. The minimum Gasteiger partial charge on any atom is -0.352 e. The molecule has 0 spiro atoms. The van der Waals surface area contributed by atoms with Gasteiger partial charge in [0.05, 0.1) is 0 Å². The van der Waals surface area contributed by atoms with Gasteiger partial charge in [-0.1, -0.05) is 19.1 Å². The van der Waals surface area contributed by atoms with Crippen LogP contribution in [-0.2, 0) is 11.3 Å². The van der Waals surface area contributed by atoms with Crippen molar-refractivity contribution in [3.05, 3.63) is 34.4 Å². The molecule has 0 bridgehead atoms. The monoisotopic (exact) mass is 248 g/mol.